The predicted molar refractivity (Wildman–Crippen MR) is 117 cm³/mol. The molecule has 0 aromatic heterocycles. The largest absolute Gasteiger partial charge is 0.507 e. The molecule has 0 aliphatic carbocycles. The van der Waals surface area contributed by atoms with Gasteiger partial charge in [0.15, 0.2) is 0 Å². The van der Waals surface area contributed by atoms with Gasteiger partial charge in [-0.25, -0.2) is 4.79 Å². The Morgan fingerprint density at radius 2 is 1.62 bits per heavy atom. The summed E-state index contributed by atoms with van der Waals surface area (Å²) in [5, 5.41) is 16.9. The van der Waals surface area contributed by atoms with Crippen molar-refractivity contribution in [3.05, 3.63) is 83.4 Å². The van der Waals surface area contributed by atoms with Crippen molar-refractivity contribution in [2.24, 2.45) is 0 Å². The molecule has 0 amide bonds. The number of ether oxygens (including phenoxy) is 1. The smallest absolute Gasteiger partial charge is 0.341 e. The summed E-state index contributed by atoms with van der Waals surface area (Å²) in [6, 6.07) is 21.5. The number of nitrogens with one attached hydrogen (secondary N) is 2. The van der Waals surface area contributed by atoms with Crippen molar-refractivity contribution in [3.8, 4) is 5.75 Å². The second-order valence-electron chi connectivity index (χ2n) is 6.87. The Bertz CT molecular complexity index is 954. The summed E-state index contributed by atoms with van der Waals surface area (Å²) in [6.07, 6.45) is 0.738. The van der Waals surface area contributed by atoms with Gasteiger partial charge >= 0.3 is 5.97 Å². The van der Waals surface area contributed by atoms with E-state index in [1.807, 2.05) is 67.6 Å². The van der Waals surface area contributed by atoms with Crippen LogP contribution in [0.1, 0.15) is 34.8 Å². The maximum atomic E-state index is 12.2. The molecule has 150 valence electrons. The monoisotopic (exact) mass is 390 g/mol. The molecule has 0 saturated heterocycles. The van der Waals surface area contributed by atoms with Crippen LogP contribution in [0.4, 0.5) is 17.1 Å². The maximum Gasteiger partial charge on any atom is 0.341 e. The number of aromatic hydroxyl groups is 1. The molecule has 5 nitrogen and oxygen atoms in total. The average molecular weight is 390 g/mol. The van der Waals surface area contributed by atoms with E-state index in [0.717, 1.165) is 29.0 Å². The van der Waals surface area contributed by atoms with Gasteiger partial charge in [0.25, 0.3) is 0 Å². The van der Waals surface area contributed by atoms with Gasteiger partial charge in [-0.05, 0) is 66.9 Å². The minimum atomic E-state index is -0.495. The van der Waals surface area contributed by atoms with Gasteiger partial charge in [0.05, 0.1) is 6.61 Å². The Labute approximate surface area is 171 Å². The van der Waals surface area contributed by atoms with Crippen molar-refractivity contribution >= 4 is 23.0 Å². The molecule has 3 aromatic rings. The Balaban J connectivity index is 1.65. The highest BCUT2D eigenvalue weighted by atomic mass is 16.5. The highest BCUT2D eigenvalue weighted by Gasteiger charge is 2.16. The Kier molecular flexibility index (Phi) is 6.74. The van der Waals surface area contributed by atoms with Crippen molar-refractivity contribution in [2.45, 2.75) is 26.8 Å². The first-order valence-electron chi connectivity index (χ1n) is 9.72. The predicted octanol–water partition coefficient (Wildman–Crippen LogP) is 5.62. The molecule has 0 spiro atoms. The third kappa shape index (κ3) is 5.51. The molecule has 0 aliphatic rings. The standard InChI is InChI=1S/C24H26N2O3/c1-3-13-29-24(28)22-15-18(14-17(2)23(22)27)16-25-19-9-11-21(12-10-19)26-20-7-5-4-6-8-20/h4-12,14-15,25-27H,3,13,16H2,1-2H3. The second kappa shape index (κ2) is 9.64. The van der Waals surface area contributed by atoms with Crippen molar-refractivity contribution in [1.29, 1.82) is 0 Å². The van der Waals surface area contributed by atoms with Crippen LogP contribution in [0.2, 0.25) is 0 Å². The zero-order valence-corrected chi connectivity index (χ0v) is 16.7. The molecule has 3 rings (SSSR count). The SMILES string of the molecule is CCCOC(=O)c1cc(CNc2ccc(Nc3ccccc3)cc2)cc(C)c1O. The fraction of sp³-hybridized carbons (Fsp3) is 0.208. The highest BCUT2D eigenvalue weighted by molar-refractivity contribution is 5.93. The van der Waals surface area contributed by atoms with Crippen LogP contribution in [-0.4, -0.2) is 17.7 Å². The van der Waals surface area contributed by atoms with Crippen LogP contribution in [0, 0.1) is 6.92 Å². The molecule has 29 heavy (non-hydrogen) atoms. The van der Waals surface area contributed by atoms with E-state index in [1.54, 1.807) is 13.0 Å². The van der Waals surface area contributed by atoms with E-state index in [9.17, 15) is 9.90 Å². The van der Waals surface area contributed by atoms with Crippen molar-refractivity contribution < 1.29 is 14.6 Å². The first kappa shape index (κ1) is 20.3. The van der Waals surface area contributed by atoms with Gasteiger partial charge < -0.3 is 20.5 Å². The van der Waals surface area contributed by atoms with Crippen molar-refractivity contribution in [2.75, 3.05) is 17.2 Å². The van der Waals surface area contributed by atoms with Gasteiger partial charge in [0, 0.05) is 23.6 Å². The lowest BCUT2D eigenvalue weighted by molar-refractivity contribution is 0.0501. The molecular weight excluding hydrogens is 364 g/mol. The molecule has 0 heterocycles. The normalized spacial score (nSPS) is 10.4. The molecular formula is C24H26N2O3. The number of phenolic OH excluding ortho intramolecular Hbond substituents is 1. The Hall–Kier alpha value is -3.47. The van der Waals surface area contributed by atoms with Crippen molar-refractivity contribution in [1.82, 2.24) is 0 Å². The van der Waals surface area contributed by atoms with Crippen LogP contribution in [0.15, 0.2) is 66.7 Å². The molecule has 3 N–H and O–H groups in total. The minimum absolute atomic E-state index is 0.0220. The number of carbonyl (C=O) groups excluding carboxylic acids is 1. The molecule has 0 bridgehead atoms. The summed E-state index contributed by atoms with van der Waals surface area (Å²) in [4.78, 5) is 12.2. The van der Waals surface area contributed by atoms with Crippen LogP contribution in [0.3, 0.4) is 0 Å². The fourth-order valence-corrected chi connectivity index (χ4v) is 2.95. The second-order valence-corrected chi connectivity index (χ2v) is 6.87. The molecule has 0 unspecified atom stereocenters. The van der Waals surface area contributed by atoms with Gasteiger partial charge in [0.1, 0.15) is 11.3 Å². The van der Waals surface area contributed by atoms with Crippen LogP contribution in [0.25, 0.3) is 0 Å². The van der Waals surface area contributed by atoms with Gasteiger partial charge in [-0.1, -0.05) is 31.2 Å². The van der Waals surface area contributed by atoms with E-state index >= 15 is 0 Å². The lowest BCUT2D eigenvalue weighted by atomic mass is 10.0. The molecule has 0 aliphatic heterocycles. The number of anilines is 3. The van der Waals surface area contributed by atoms with E-state index in [4.69, 9.17) is 4.74 Å². The van der Waals surface area contributed by atoms with Crippen LogP contribution in [0.5, 0.6) is 5.75 Å². The quantitative estimate of drug-likeness (QED) is 0.435. The maximum absolute atomic E-state index is 12.2. The summed E-state index contributed by atoms with van der Waals surface area (Å²) in [5.41, 5.74) is 4.76. The molecule has 0 saturated carbocycles. The molecule has 0 radical (unpaired) electrons. The zero-order chi connectivity index (χ0) is 20.6. The first-order valence-corrected chi connectivity index (χ1v) is 9.72. The molecule has 5 heteroatoms. The van der Waals surface area contributed by atoms with Crippen LogP contribution < -0.4 is 10.6 Å². The number of benzene rings is 3. The minimum Gasteiger partial charge on any atom is -0.507 e. The molecule has 0 atom stereocenters. The van der Waals surface area contributed by atoms with Crippen LogP contribution in [-0.2, 0) is 11.3 Å². The highest BCUT2D eigenvalue weighted by Crippen LogP contribution is 2.26. The van der Waals surface area contributed by atoms with Gasteiger partial charge in [-0.2, -0.15) is 0 Å². The summed E-state index contributed by atoms with van der Waals surface area (Å²) in [7, 11) is 0. The summed E-state index contributed by atoms with van der Waals surface area (Å²) in [5.74, 6) is -0.517. The van der Waals surface area contributed by atoms with Gasteiger partial charge in [0.2, 0.25) is 0 Å². The number of rotatable bonds is 8. The number of phenols is 1. The van der Waals surface area contributed by atoms with E-state index in [2.05, 4.69) is 10.6 Å². The van der Waals surface area contributed by atoms with Gasteiger partial charge in [-0.3, -0.25) is 0 Å². The average Bonchev–Trinajstić information content (AvgIpc) is 2.74. The lowest BCUT2D eigenvalue weighted by Crippen LogP contribution is -2.09. The molecule has 3 aromatic carbocycles. The van der Waals surface area contributed by atoms with E-state index in [0.29, 0.717) is 18.7 Å². The number of carbonyl (C=O) groups is 1. The van der Waals surface area contributed by atoms with E-state index < -0.39 is 5.97 Å². The molecule has 0 fully saturated rings. The number of aryl methyl sites for hydroxylation is 1. The first-order chi connectivity index (χ1) is 14.1. The topological polar surface area (TPSA) is 70.6 Å². The Morgan fingerprint density at radius 3 is 2.31 bits per heavy atom. The summed E-state index contributed by atoms with van der Waals surface area (Å²) < 4.78 is 5.17. The van der Waals surface area contributed by atoms with E-state index in [-0.39, 0.29) is 11.3 Å². The number of para-hydroxylation sites is 1. The summed E-state index contributed by atoms with van der Waals surface area (Å²) in [6.45, 7) is 4.57. The van der Waals surface area contributed by atoms with Gasteiger partial charge in [-0.15, -0.1) is 0 Å². The number of hydrogen-bond donors (Lipinski definition) is 3. The van der Waals surface area contributed by atoms with E-state index in [1.165, 1.54) is 0 Å². The third-order valence-corrected chi connectivity index (χ3v) is 4.46. The summed E-state index contributed by atoms with van der Waals surface area (Å²) >= 11 is 0. The van der Waals surface area contributed by atoms with Crippen molar-refractivity contribution in [3.63, 3.8) is 0 Å². The number of hydrogen-bond acceptors (Lipinski definition) is 5. The zero-order valence-electron chi connectivity index (χ0n) is 16.7. The van der Waals surface area contributed by atoms with Crippen LogP contribution >= 0.6 is 0 Å². The number of esters is 1. The third-order valence-electron chi connectivity index (χ3n) is 4.46. The lowest BCUT2D eigenvalue weighted by Gasteiger charge is -2.12. The Morgan fingerprint density at radius 1 is 0.966 bits per heavy atom. The fourth-order valence-electron chi connectivity index (χ4n) is 2.95.